The van der Waals surface area contributed by atoms with E-state index in [0.29, 0.717) is 17.9 Å². The molecule has 2 aromatic carbocycles. The third kappa shape index (κ3) is 3.49. The van der Waals surface area contributed by atoms with Crippen molar-refractivity contribution in [3.63, 3.8) is 0 Å². The predicted molar refractivity (Wildman–Crippen MR) is 106 cm³/mol. The molecule has 0 radical (unpaired) electrons. The van der Waals surface area contributed by atoms with E-state index in [2.05, 4.69) is 5.10 Å². The first-order valence-corrected chi connectivity index (χ1v) is 9.91. The molecule has 2 heterocycles. The van der Waals surface area contributed by atoms with Gasteiger partial charge >= 0.3 is 5.97 Å². The normalized spacial score (nSPS) is 16.3. The fourth-order valence-corrected chi connectivity index (χ4v) is 4.68. The van der Waals surface area contributed by atoms with Crippen LogP contribution in [0, 0.1) is 5.82 Å². The number of fused-ring (bicyclic) bond motifs is 1. The molecule has 0 saturated carbocycles. The van der Waals surface area contributed by atoms with Crippen LogP contribution in [0.5, 0.6) is 0 Å². The van der Waals surface area contributed by atoms with Crippen molar-refractivity contribution in [2.45, 2.75) is 11.9 Å². The molecular formula is C20H16FN3O4S. The Bertz CT molecular complexity index is 1180. The Balaban J connectivity index is 1.69. The molecule has 1 N–H and O–H groups in total. The molecule has 9 heteroatoms. The molecule has 7 nitrogen and oxygen atoms in total. The number of carboxylic acid groups (broad SMARTS) is 1. The van der Waals surface area contributed by atoms with E-state index in [4.69, 9.17) is 0 Å². The van der Waals surface area contributed by atoms with Gasteiger partial charge in [0.2, 0.25) is 5.91 Å². The summed E-state index contributed by atoms with van der Waals surface area (Å²) >= 11 is 1.43. The van der Waals surface area contributed by atoms with Gasteiger partial charge in [-0.2, -0.15) is 5.10 Å². The topological polar surface area (TPSA) is 92.5 Å². The SMILES string of the molecule is O=C(O)c1nn(CC(=O)N2CCSC2c2ccccc2F)c(=O)c2ccccc12. The van der Waals surface area contributed by atoms with Crippen LogP contribution >= 0.6 is 11.8 Å². The molecular weight excluding hydrogens is 397 g/mol. The van der Waals surface area contributed by atoms with Gasteiger partial charge in [-0.15, -0.1) is 11.8 Å². The Morgan fingerprint density at radius 2 is 1.83 bits per heavy atom. The number of carbonyl (C=O) groups excluding carboxylic acids is 1. The number of aromatic carboxylic acids is 1. The minimum Gasteiger partial charge on any atom is -0.476 e. The number of carbonyl (C=O) groups is 2. The van der Waals surface area contributed by atoms with Gasteiger partial charge in [0.15, 0.2) is 5.69 Å². The molecule has 1 aliphatic heterocycles. The minimum atomic E-state index is -1.29. The van der Waals surface area contributed by atoms with Crippen molar-refractivity contribution in [3.05, 3.63) is 76.0 Å². The van der Waals surface area contributed by atoms with Gasteiger partial charge in [0, 0.05) is 23.2 Å². The summed E-state index contributed by atoms with van der Waals surface area (Å²) in [6.45, 7) is -0.0217. The van der Waals surface area contributed by atoms with E-state index in [1.165, 1.54) is 34.9 Å². The number of nitrogens with zero attached hydrogens (tertiary/aromatic N) is 3. The van der Waals surface area contributed by atoms with Gasteiger partial charge in [-0.1, -0.05) is 36.4 Å². The third-order valence-corrected chi connectivity index (χ3v) is 5.98. The van der Waals surface area contributed by atoms with Gasteiger partial charge in [0.1, 0.15) is 17.7 Å². The van der Waals surface area contributed by atoms with Crippen LogP contribution in [-0.2, 0) is 11.3 Å². The maximum Gasteiger partial charge on any atom is 0.357 e. The van der Waals surface area contributed by atoms with Gasteiger partial charge in [-0.3, -0.25) is 9.59 Å². The van der Waals surface area contributed by atoms with Crippen molar-refractivity contribution < 1.29 is 19.1 Å². The van der Waals surface area contributed by atoms with Crippen LogP contribution in [0.4, 0.5) is 4.39 Å². The van der Waals surface area contributed by atoms with E-state index in [9.17, 15) is 23.9 Å². The second-order valence-electron chi connectivity index (χ2n) is 6.49. The monoisotopic (exact) mass is 413 g/mol. The van der Waals surface area contributed by atoms with Crippen LogP contribution in [0.2, 0.25) is 0 Å². The first-order chi connectivity index (χ1) is 14.0. The first-order valence-electron chi connectivity index (χ1n) is 8.86. The van der Waals surface area contributed by atoms with Gasteiger partial charge in [-0.05, 0) is 12.1 Å². The number of thioether (sulfide) groups is 1. The summed E-state index contributed by atoms with van der Waals surface area (Å²) in [5, 5.41) is 13.2. The number of hydrogen-bond donors (Lipinski definition) is 1. The molecule has 1 atom stereocenters. The Kier molecular flexibility index (Phi) is 5.06. The van der Waals surface area contributed by atoms with E-state index in [0.717, 1.165) is 4.68 Å². The molecule has 1 unspecified atom stereocenters. The number of aromatic nitrogens is 2. The second-order valence-corrected chi connectivity index (χ2v) is 7.68. The molecule has 1 amide bonds. The highest BCUT2D eigenvalue weighted by Crippen LogP contribution is 2.39. The molecule has 1 aromatic heterocycles. The summed E-state index contributed by atoms with van der Waals surface area (Å²) in [6, 6.07) is 12.5. The summed E-state index contributed by atoms with van der Waals surface area (Å²) in [6.07, 6.45) is 0. The number of carboxylic acids is 1. The standard InChI is InChI=1S/C20H16FN3O4S/c21-15-8-4-3-7-14(15)19-23(9-10-29-19)16(25)11-24-18(26)13-6-2-1-5-12(13)17(22-24)20(27)28/h1-8,19H,9-11H2,(H,27,28). The van der Waals surface area contributed by atoms with E-state index < -0.39 is 35.2 Å². The molecule has 1 fully saturated rings. The lowest BCUT2D eigenvalue weighted by molar-refractivity contribution is -0.132. The van der Waals surface area contributed by atoms with Gasteiger partial charge in [-0.25, -0.2) is 13.9 Å². The van der Waals surface area contributed by atoms with Crippen molar-refractivity contribution in [3.8, 4) is 0 Å². The van der Waals surface area contributed by atoms with Crippen LogP contribution < -0.4 is 5.56 Å². The van der Waals surface area contributed by atoms with Crippen molar-refractivity contribution in [2.75, 3.05) is 12.3 Å². The highest BCUT2D eigenvalue weighted by atomic mass is 32.2. The number of benzene rings is 2. The van der Waals surface area contributed by atoms with Crippen molar-refractivity contribution in [1.29, 1.82) is 0 Å². The molecule has 0 aliphatic carbocycles. The average Bonchev–Trinajstić information content (AvgIpc) is 3.20. The highest BCUT2D eigenvalue weighted by molar-refractivity contribution is 7.99. The van der Waals surface area contributed by atoms with E-state index >= 15 is 0 Å². The lowest BCUT2D eigenvalue weighted by atomic mass is 10.1. The van der Waals surface area contributed by atoms with Crippen molar-refractivity contribution in [1.82, 2.24) is 14.7 Å². The Labute approximate surface area is 168 Å². The predicted octanol–water partition coefficient (Wildman–Crippen LogP) is 2.51. The molecule has 3 aromatic rings. The summed E-state index contributed by atoms with van der Waals surface area (Å²) in [5.41, 5.74) is -0.448. The molecule has 0 spiro atoms. The molecule has 1 saturated heterocycles. The summed E-state index contributed by atoms with van der Waals surface area (Å²) in [4.78, 5) is 38.7. The largest absolute Gasteiger partial charge is 0.476 e. The highest BCUT2D eigenvalue weighted by Gasteiger charge is 2.32. The Hall–Kier alpha value is -3.20. The number of amides is 1. The zero-order chi connectivity index (χ0) is 20.5. The zero-order valence-corrected chi connectivity index (χ0v) is 15.9. The van der Waals surface area contributed by atoms with E-state index in [1.54, 1.807) is 30.3 Å². The van der Waals surface area contributed by atoms with Crippen LogP contribution in [0.15, 0.2) is 53.3 Å². The number of hydrogen-bond acceptors (Lipinski definition) is 5. The van der Waals surface area contributed by atoms with Gasteiger partial charge in [0.05, 0.1) is 5.39 Å². The lowest BCUT2D eigenvalue weighted by Crippen LogP contribution is -2.37. The summed E-state index contributed by atoms with van der Waals surface area (Å²) < 4.78 is 15.1. The fraction of sp³-hybridized carbons (Fsp3) is 0.200. The van der Waals surface area contributed by atoms with Gasteiger partial charge < -0.3 is 10.0 Å². The fourth-order valence-electron chi connectivity index (χ4n) is 3.38. The summed E-state index contributed by atoms with van der Waals surface area (Å²) in [7, 11) is 0. The van der Waals surface area contributed by atoms with Crippen molar-refractivity contribution in [2.24, 2.45) is 0 Å². The molecule has 0 bridgehead atoms. The molecule has 1 aliphatic rings. The van der Waals surface area contributed by atoms with Crippen LogP contribution in [-0.4, -0.2) is 44.0 Å². The van der Waals surface area contributed by atoms with Crippen LogP contribution in [0.1, 0.15) is 21.4 Å². The van der Waals surface area contributed by atoms with E-state index in [1.807, 2.05) is 0 Å². The lowest BCUT2D eigenvalue weighted by Gasteiger charge is -2.24. The van der Waals surface area contributed by atoms with Crippen molar-refractivity contribution >= 4 is 34.4 Å². The average molecular weight is 413 g/mol. The maximum atomic E-state index is 14.2. The maximum absolute atomic E-state index is 14.2. The van der Waals surface area contributed by atoms with E-state index in [-0.39, 0.29) is 16.5 Å². The van der Waals surface area contributed by atoms with Crippen LogP contribution in [0.25, 0.3) is 10.8 Å². The number of halogens is 1. The number of rotatable bonds is 4. The third-order valence-electron chi connectivity index (χ3n) is 4.74. The Morgan fingerprint density at radius 3 is 2.55 bits per heavy atom. The quantitative estimate of drug-likeness (QED) is 0.707. The second kappa shape index (κ2) is 7.67. The first kappa shape index (κ1) is 19.1. The van der Waals surface area contributed by atoms with Gasteiger partial charge in [0.25, 0.3) is 5.56 Å². The molecule has 148 valence electrons. The molecule has 29 heavy (non-hydrogen) atoms. The Morgan fingerprint density at radius 1 is 1.14 bits per heavy atom. The minimum absolute atomic E-state index is 0.175. The zero-order valence-electron chi connectivity index (χ0n) is 15.1. The van der Waals surface area contributed by atoms with Crippen LogP contribution in [0.3, 0.4) is 0 Å². The molecule has 4 rings (SSSR count). The smallest absolute Gasteiger partial charge is 0.357 e. The summed E-state index contributed by atoms with van der Waals surface area (Å²) in [5.74, 6) is -1.49.